The predicted octanol–water partition coefficient (Wildman–Crippen LogP) is 5.20. The highest BCUT2D eigenvalue weighted by Crippen LogP contribution is 2.31. The first-order chi connectivity index (χ1) is 10.3. The lowest BCUT2D eigenvalue weighted by atomic mass is 9.82. The second-order valence-electron chi connectivity index (χ2n) is 6.58. The minimum absolute atomic E-state index is 0.215. The van der Waals surface area contributed by atoms with Gasteiger partial charge in [-0.1, -0.05) is 56.1 Å². The molecule has 0 fully saturated rings. The van der Waals surface area contributed by atoms with E-state index in [4.69, 9.17) is 5.11 Å². The fourth-order valence-electron chi connectivity index (χ4n) is 3.39. The molecule has 0 saturated heterocycles. The van der Waals surface area contributed by atoms with Crippen LogP contribution in [0.4, 0.5) is 0 Å². The Labute approximate surface area is 131 Å². The van der Waals surface area contributed by atoms with Gasteiger partial charge in [-0.2, -0.15) is 0 Å². The van der Waals surface area contributed by atoms with Crippen molar-refractivity contribution >= 4 is 6.29 Å². The van der Waals surface area contributed by atoms with E-state index in [1.165, 1.54) is 76.2 Å². The Morgan fingerprint density at radius 1 is 1.00 bits per heavy atom. The van der Waals surface area contributed by atoms with Crippen LogP contribution >= 0.6 is 0 Å². The second kappa shape index (κ2) is 12.0. The standard InChI is InChI=1S/C19H34O2/c1-17-18(13-11-14-19(17)16-21)12-9-7-5-3-2-4-6-8-10-15-20/h16,19-20H,2-15H2,1H3. The molecule has 122 valence electrons. The molecule has 1 N–H and O–H groups in total. The Balaban J connectivity index is 2.00. The summed E-state index contributed by atoms with van der Waals surface area (Å²) in [7, 11) is 0. The molecule has 0 aromatic rings. The van der Waals surface area contributed by atoms with E-state index >= 15 is 0 Å². The summed E-state index contributed by atoms with van der Waals surface area (Å²) in [5.41, 5.74) is 2.95. The van der Waals surface area contributed by atoms with Crippen molar-refractivity contribution in [2.45, 2.75) is 90.4 Å². The molecule has 1 aliphatic carbocycles. The number of aliphatic hydroxyl groups is 1. The van der Waals surface area contributed by atoms with Gasteiger partial charge >= 0.3 is 0 Å². The first-order valence-corrected chi connectivity index (χ1v) is 9.04. The van der Waals surface area contributed by atoms with Crippen LogP contribution in [0, 0.1) is 5.92 Å². The molecule has 0 saturated carbocycles. The highest BCUT2D eigenvalue weighted by molar-refractivity contribution is 5.59. The smallest absolute Gasteiger partial charge is 0.127 e. The number of hydrogen-bond donors (Lipinski definition) is 1. The van der Waals surface area contributed by atoms with Gasteiger partial charge in [0.2, 0.25) is 0 Å². The molecule has 0 spiro atoms. The van der Waals surface area contributed by atoms with Gasteiger partial charge < -0.3 is 9.90 Å². The first kappa shape index (κ1) is 18.4. The van der Waals surface area contributed by atoms with Crippen molar-refractivity contribution in [2.75, 3.05) is 6.61 Å². The van der Waals surface area contributed by atoms with Gasteiger partial charge in [0.05, 0.1) is 0 Å². The highest BCUT2D eigenvalue weighted by atomic mass is 16.2. The monoisotopic (exact) mass is 294 g/mol. The minimum Gasteiger partial charge on any atom is -0.396 e. The van der Waals surface area contributed by atoms with Gasteiger partial charge in [0.1, 0.15) is 6.29 Å². The molecule has 2 nitrogen and oxygen atoms in total. The van der Waals surface area contributed by atoms with Gasteiger partial charge in [-0.25, -0.2) is 0 Å². The van der Waals surface area contributed by atoms with Gasteiger partial charge in [0, 0.05) is 12.5 Å². The molecule has 1 unspecified atom stereocenters. The summed E-state index contributed by atoms with van der Waals surface area (Å²) in [6.45, 7) is 2.51. The van der Waals surface area contributed by atoms with E-state index in [9.17, 15) is 4.79 Å². The summed E-state index contributed by atoms with van der Waals surface area (Å²) in [4.78, 5) is 11.0. The summed E-state index contributed by atoms with van der Waals surface area (Å²) >= 11 is 0. The Bertz CT molecular complexity index is 307. The van der Waals surface area contributed by atoms with Crippen LogP contribution in [0.3, 0.4) is 0 Å². The van der Waals surface area contributed by atoms with Crippen LogP contribution in [0.15, 0.2) is 11.1 Å². The number of aldehydes is 1. The van der Waals surface area contributed by atoms with Crippen LogP contribution < -0.4 is 0 Å². The minimum atomic E-state index is 0.215. The Hall–Kier alpha value is -0.630. The predicted molar refractivity (Wildman–Crippen MR) is 89.4 cm³/mol. The van der Waals surface area contributed by atoms with Crippen molar-refractivity contribution in [3.8, 4) is 0 Å². The molecular formula is C19H34O2. The topological polar surface area (TPSA) is 37.3 Å². The van der Waals surface area contributed by atoms with Crippen molar-refractivity contribution in [3.63, 3.8) is 0 Å². The summed E-state index contributed by atoms with van der Waals surface area (Å²) in [6.07, 6.45) is 17.3. The second-order valence-corrected chi connectivity index (χ2v) is 6.58. The lowest BCUT2D eigenvalue weighted by Gasteiger charge is -2.22. The van der Waals surface area contributed by atoms with Crippen molar-refractivity contribution in [1.29, 1.82) is 0 Å². The van der Waals surface area contributed by atoms with Gasteiger partial charge in [0.25, 0.3) is 0 Å². The van der Waals surface area contributed by atoms with E-state index in [2.05, 4.69) is 6.92 Å². The van der Waals surface area contributed by atoms with Crippen LogP contribution in [0.2, 0.25) is 0 Å². The first-order valence-electron chi connectivity index (χ1n) is 9.04. The molecule has 0 heterocycles. The third kappa shape index (κ3) is 7.80. The molecule has 0 radical (unpaired) electrons. The third-order valence-corrected chi connectivity index (χ3v) is 4.91. The van der Waals surface area contributed by atoms with E-state index in [1.54, 1.807) is 5.57 Å². The average Bonchev–Trinajstić information content (AvgIpc) is 2.50. The number of allylic oxidation sites excluding steroid dienone is 2. The zero-order chi connectivity index (χ0) is 15.3. The number of unbranched alkanes of at least 4 members (excludes halogenated alkanes) is 8. The fourth-order valence-corrected chi connectivity index (χ4v) is 3.39. The van der Waals surface area contributed by atoms with Crippen LogP contribution in [0.25, 0.3) is 0 Å². The van der Waals surface area contributed by atoms with Crippen LogP contribution in [-0.2, 0) is 4.79 Å². The number of carbonyl (C=O) groups is 1. The normalized spacial score (nSPS) is 19.0. The van der Waals surface area contributed by atoms with E-state index in [-0.39, 0.29) is 5.92 Å². The van der Waals surface area contributed by atoms with Crippen LogP contribution in [0.1, 0.15) is 90.4 Å². The fraction of sp³-hybridized carbons (Fsp3) is 0.842. The zero-order valence-electron chi connectivity index (χ0n) is 13.9. The molecule has 0 amide bonds. The van der Waals surface area contributed by atoms with Crippen molar-refractivity contribution < 1.29 is 9.90 Å². The van der Waals surface area contributed by atoms with E-state index in [1.807, 2.05) is 0 Å². The maximum absolute atomic E-state index is 11.0. The van der Waals surface area contributed by atoms with Gasteiger partial charge in [-0.15, -0.1) is 0 Å². The number of carbonyl (C=O) groups excluding carboxylic acids is 1. The maximum Gasteiger partial charge on any atom is 0.127 e. The molecule has 2 heteroatoms. The van der Waals surface area contributed by atoms with Crippen LogP contribution in [0.5, 0.6) is 0 Å². The van der Waals surface area contributed by atoms with Crippen molar-refractivity contribution in [1.82, 2.24) is 0 Å². The van der Waals surface area contributed by atoms with Gasteiger partial charge in [-0.3, -0.25) is 0 Å². The summed E-state index contributed by atoms with van der Waals surface area (Å²) < 4.78 is 0. The summed E-state index contributed by atoms with van der Waals surface area (Å²) in [6, 6.07) is 0. The molecule has 1 aliphatic rings. The third-order valence-electron chi connectivity index (χ3n) is 4.91. The average molecular weight is 294 g/mol. The Morgan fingerprint density at radius 3 is 2.14 bits per heavy atom. The summed E-state index contributed by atoms with van der Waals surface area (Å²) in [5.74, 6) is 0.215. The molecule has 0 aliphatic heterocycles. The van der Waals surface area contributed by atoms with E-state index in [0.717, 1.165) is 19.1 Å². The highest BCUT2D eigenvalue weighted by Gasteiger charge is 2.18. The molecular weight excluding hydrogens is 260 g/mol. The number of rotatable bonds is 12. The molecule has 21 heavy (non-hydrogen) atoms. The molecule has 0 aromatic heterocycles. The zero-order valence-corrected chi connectivity index (χ0v) is 13.9. The lowest BCUT2D eigenvalue weighted by Crippen LogP contribution is -2.11. The van der Waals surface area contributed by atoms with E-state index in [0.29, 0.717) is 6.61 Å². The molecule has 0 aromatic carbocycles. The Morgan fingerprint density at radius 2 is 1.57 bits per heavy atom. The van der Waals surface area contributed by atoms with Crippen molar-refractivity contribution in [2.24, 2.45) is 5.92 Å². The molecule has 0 bridgehead atoms. The molecule has 1 atom stereocenters. The van der Waals surface area contributed by atoms with Crippen LogP contribution in [-0.4, -0.2) is 18.0 Å². The lowest BCUT2D eigenvalue weighted by molar-refractivity contribution is -0.110. The SMILES string of the molecule is CC1=C(CCCCCCCCCCCO)CCCC1C=O. The molecule has 1 rings (SSSR count). The largest absolute Gasteiger partial charge is 0.396 e. The number of hydrogen-bond acceptors (Lipinski definition) is 2. The Kier molecular flexibility index (Phi) is 10.5. The quantitative estimate of drug-likeness (QED) is 0.305. The maximum atomic E-state index is 11.0. The van der Waals surface area contributed by atoms with Crippen molar-refractivity contribution in [3.05, 3.63) is 11.1 Å². The van der Waals surface area contributed by atoms with E-state index < -0.39 is 0 Å². The van der Waals surface area contributed by atoms with Gasteiger partial charge in [-0.05, 0) is 45.4 Å². The summed E-state index contributed by atoms with van der Waals surface area (Å²) in [5, 5.41) is 8.70. The van der Waals surface area contributed by atoms with Gasteiger partial charge in [0.15, 0.2) is 0 Å². The number of aliphatic hydroxyl groups excluding tert-OH is 1.